The first-order chi connectivity index (χ1) is 8.78. The lowest BCUT2D eigenvalue weighted by Crippen LogP contribution is -2.45. The number of rotatable bonds is 5. The Morgan fingerprint density at radius 2 is 2.16 bits per heavy atom. The standard InChI is InChI=1S/C11H15F3N4O/c1-7(10(19)17-6-11(12,13)14)16-5-9-3-4-15-8(2)18-9/h3-4,7,16H,5-6H2,1-2H3,(H,17,19). The second-order valence-corrected chi connectivity index (χ2v) is 4.03. The summed E-state index contributed by atoms with van der Waals surface area (Å²) < 4.78 is 35.8. The number of hydrogen-bond acceptors (Lipinski definition) is 4. The van der Waals surface area contributed by atoms with E-state index in [0.29, 0.717) is 11.5 Å². The minimum atomic E-state index is -4.40. The van der Waals surface area contributed by atoms with Gasteiger partial charge in [0, 0.05) is 12.7 Å². The second kappa shape index (κ2) is 6.46. The largest absolute Gasteiger partial charge is 0.405 e. The van der Waals surface area contributed by atoms with Gasteiger partial charge in [-0.25, -0.2) is 9.97 Å². The molecule has 1 aromatic rings. The molecular formula is C11H15F3N4O. The fourth-order valence-corrected chi connectivity index (χ4v) is 1.29. The first-order valence-electron chi connectivity index (χ1n) is 5.64. The van der Waals surface area contributed by atoms with E-state index in [2.05, 4.69) is 15.3 Å². The third-order valence-corrected chi connectivity index (χ3v) is 2.28. The first-order valence-corrected chi connectivity index (χ1v) is 5.64. The number of carbonyl (C=O) groups excluding carboxylic acids is 1. The zero-order valence-electron chi connectivity index (χ0n) is 10.6. The van der Waals surface area contributed by atoms with E-state index in [1.54, 1.807) is 19.2 Å². The van der Waals surface area contributed by atoms with Gasteiger partial charge in [-0.15, -0.1) is 0 Å². The van der Waals surface area contributed by atoms with Crippen molar-refractivity contribution in [1.29, 1.82) is 0 Å². The molecule has 0 radical (unpaired) electrons. The molecule has 1 rings (SSSR count). The van der Waals surface area contributed by atoms with Gasteiger partial charge in [0.1, 0.15) is 12.4 Å². The van der Waals surface area contributed by atoms with Gasteiger partial charge in [-0.1, -0.05) is 0 Å². The van der Waals surface area contributed by atoms with Gasteiger partial charge in [0.15, 0.2) is 0 Å². The third-order valence-electron chi connectivity index (χ3n) is 2.28. The summed E-state index contributed by atoms with van der Waals surface area (Å²) in [4.78, 5) is 19.4. The van der Waals surface area contributed by atoms with Crippen LogP contribution in [0.25, 0.3) is 0 Å². The van der Waals surface area contributed by atoms with Gasteiger partial charge in [0.05, 0.1) is 11.7 Å². The van der Waals surface area contributed by atoms with Crippen molar-refractivity contribution in [3.63, 3.8) is 0 Å². The van der Waals surface area contributed by atoms with E-state index in [-0.39, 0.29) is 6.54 Å². The maximum atomic E-state index is 11.9. The van der Waals surface area contributed by atoms with E-state index in [1.165, 1.54) is 6.92 Å². The van der Waals surface area contributed by atoms with Crippen molar-refractivity contribution < 1.29 is 18.0 Å². The summed E-state index contributed by atoms with van der Waals surface area (Å²) in [7, 11) is 0. The van der Waals surface area contributed by atoms with Gasteiger partial charge in [0.2, 0.25) is 5.91 Å². The van der Waals surface area contributed by atoms with Crippen LogP contribution in [0, 0.1) is 6.92 Å². The predicted octanol–water partition coefficient (Wildman–Crippen LogP) is 0.942. The van der Waals surface area contributed by atoms with Crippen LogP contribution in [0.5, 0.6) is 0 Å². The normalized spacial score (nSPS) is 13.1. The topological polar surface area (TPSA) is 66.9 Å². The fraction of sp³-hybridized carbons (Fsp3) is 0.545. The Morgan fingerprint density at radius 1 is 1.47 bits per heavy atom. The molecule has 1 atom stereocenters. The van der Waals surface area contributed by atoms with Gasteiger partial charge in [-0.2, -0.15) is 13.2 Å². The number of carbonyl (C=O) groups is 1. The number of nitrogens with zero attached hydrogens (tertiary/aromatic N) is 2. The Morgan fingerprint density at radius 3 is 2.74 bits per heavy atom. The average molecular weight is 276 g/mol. The molecular weight excluding hydrogens is 261 g/mol. The maximum absolute atomic E-state index is 11.9. The molecule has 0 aliphatic heterocycles. The van der Waals surface area contributed by atoms with E-state index in [4.69, 9.17) is 0 Å². The van der Waals surface area contributed by atoms with Crippen molar-refractivity contribution in [3.05, 3.63) is 23.8 Å². The number of hydrogen-bond donors (Lipinski definition) is 2. The highest BCUT2D eigenvalue weighted by Crippen LogP contribution is 2.12. The van der Waals surface area contributed by atoms with E-state index in [0.717, 1.165) is 0 Å². The van der Waals surface area contributed by atoms with Crippen molar-refractivity contribution in [2.45, 2.75) is 32.6 Å². The molecule has 0 aliphatic rings. The Labute approximate surface area is 108 Å². The monoisotopic (exact) mass is 276 g/mol. The van der Waals surface area contributed by atoms with Crippen LogP contribution in [0.4, 0.5) is 13.2 Å². The molecule has 2 N–H and O–H groups in total. The van der Waals surface area contributed by atoms with Gasteiger partial charge >= 0.3 is 6.18 Å². The molecule has 106 valence electrons. The molecule has 1 unspecified atom stereocenters. The zero-order chi connectivity index (χ0) is 14.5. The molecule has 0 bridgehead atoms. The van der Waals surface area contributed by atoms with Gasteiger partial charge < -0.3 is 10.6 Å². The smallest absolute Gasteiger partial charge is 0.346 e. The molecule has 5 nitrogen and oxygen atoms in total. The predicted molar refractivity (Wildman–Crippen MR) is 62.1 cm³/mol. The summed E-state index contributed by atoms with van der Waals surface area (Å²) in [6.45, 7) is 2.16. The van der Waals surface area contributed by atoms with Crippen molar-refractivity contribution in [2.75, 3.05) is 6.54 Å². The van der Waals surface area contributed by atoms with Crippen molar-refractivity contribution >= 4 is 5.91 Å². The molecule has 8 heteroatoms. The Balaban J connectivity index is 2.38. The lowest BCUT2D eigenvalue weighted by Gasteiger charge is -2.14. The van der Waals surface area contributed by atoms with Crippen molar-refractivity contribution in [3.8, 4) is 0 Å². The quantitative estimate of drug-likeness (QED) is 0.840. The number of nitrogens with one attached hydrogen (secondary N) is 2. The summed E-state index contributed by atoms with van der Waals surface area (Å²) in [5, 5.41) is 4.60. The highest BCUT2D eigenvalue weighted by atomic mass is 19.4. The SMILES string of the molecule is Cc1nccc(CNC(C)C(=O)NCC(F)(F)F)n1. The number of alkyl halides is 3. The first kappa shape index (κ1) is 15.4. The Kier molecular flexibility index (Phi) is 5.22. The van der Waals surface area contributed by atoms with Crippen LogP contribution in [0.2, 0.25) is 0 Å². The van der Waals surface area contributed by atoms with Crippen molar-refractivity contribution in [2.24, 2.45) is 0 Å². The minimum absolute atomic E-state index is 0.282. The van der Waals surface area contributed by atoms with Crippen LogP contribution in [-0.2, 0) is 11.3 Å². The number of amides is 1. The summed E-state index contributed by atoms with van der Waals surface area (Å²) in [6.07, 6.45) is -2.83. The lowest BCUT2D eigenvalue weighted by atomic mass is 10.3. The Bertz CT molecular complexity index is 436. The molecule has 0 spiro atoms. The van der Waals surface area contributed by atoms with Crippen LogP contribution in [0.15, 0.2) is 12.3 Å². The number of aryl methyl sites for hydroxylation is 1. The summed E-state index contributed by atoms with van der Waals surface area (Å²) in [6, 6.07) is 0.929. The highest BCUT2D eigenvalue weighted by Gasteiger charge is 2.28. The molecule has 1 aromatic heterocycles. The molecule has 0 fully saturated rings. The zero-order valence-corrected chi connectivity index (χ0v) is 10.6. The maximum Gasteiger partial charge on any atom is 0.405 e. The van der Waals surface area contributed by atoms with Crippen molar-refractivity contribution in [1.82, 2.24) is 20.6 Å². The van der Waals surface area contributed by atoms with Crippen LogP contribution in [0.1, 0.15) is 18.4 Å². The van der Waals surface area contributed by atoms with Crippen LogP contribution in [-0.4, -0.2) is 34.6 Å². The van der Waals surface area contributed by atoms with E-state index in [1.807, 2.05) is 5.32 Å². The molecule has 19 heavy (non-hydrogen) atoms. The molecule has 0 saturated heterocycles. The summed E-state index contributed by atoms with van der Waals surface area (Å²) >= 11 is 0. The van der Waals surface area contributed by atoms with Gasteiger partial charge in [0.25, 0.3) is 0 Å². The number of halogens is 3. The summed E-state index contributed by atoms with van der Waals surface area (Å²) in [5.74, 6) is -0.114. The van der Waals surface area contributed by atoms with Crippen LogP contribution < -0.4 is 10.6 Å². The molecule has 0 saturated carbocycles. The van der Waals surface area contributed by atoms with Gasteiger partial charge in [-0.05, 0) is 19.9 Å². The second-order valence-electron chi connectivity index (χ2n) is 4.03. The van der Waals surface area contributed by atoms with E-state index < -0.39 is 24.7 Å². The third kappa shape index (κ3) is 6.14. The Hall–Kier alpha value is -1.70. The van der Waals surface area contributed by atoms with E-state index in [9.17, 15) is 18.0 Å². The van der Waals surface area contributed by atoms with Crippen LogP contribution >= 0.6 is 0 Å². The fourth-order valence-electron chi connectivity index (χ4n) is 1.29. The van der Waals surface area contributed by atoms with E-state index >= 15 is 0 Å². The summed E-state index contributed by atoms with van der Waals surface area (Å²) in [5.41, 5.74) is 0.669. The van der Waals surface area contributed by atoms with Gasteiger partial charge in [-0.3, -0.25) is 4.79 Å². The molecule has 1 amide bonds. The average Bonchev–Trinajstić information content (AvgIpc) is 2.32. The van der Waals surface area contributed by atoms with Crippen LogP contribution in [0.3, 0.4) is 0 Å². The minimum Gasteiger partial charge on any atom is -0.346 e. The molecule has 0 aliphatic carbocycles. The molecule has 0 aromatic carbocycles. The number of aromatic nitrogens is 2. The lowest BCUT2D eigenvalue weighted by molar-refractivity contribution is -0.139. The molecule has 1 heterocycles. The highest BCUT2D eigenvalue weighted by molar-refractivity contribution is 5.81.